The minimum Gasteiger partial charge on any atom is -0.393 e. The molecular formula is C9H19BO4. The Morgan fingerprint density at radius 3 is 2.79 bits per heavy atom. The normalized spacial score (nSPS) is 40.9. The number of hydrogen-bond acceptors (Lipinski definition) is 4. The highest BCUT2D eigenvalue weighted by atomic mass is 16.6. The van der Waals surface area contributed by atoms with Crippen LogP contribution >= 0.6 is 0 Å². The number of aliphatic hydroxyl groups excluding tert-OH is 2. The summed E-state index contributed by atoms with van der Waals surface area (Å²) < 4.78 is 10.6. The summed E-state index contributed by atoms with van der Waals surface area (Å²) in [5.41, 5.74) is -0.937. The molecule has 0 radical (unpaired) electrons. The Morgan fingerprint density at radius 1 is 1.71 bits per heavy atom. The van der Waals surface area contributed by atoms with Crippen LogP contribution in [-0.2, 0) is 9.47 Å². The lowest BCUT2D eigenvalue weighted by Crippen LogP contribution is -2.59. The fraction of sp³-hybridized carbons (Fsp3) is 1.00. The van der Waals surface area contributed by atoms with E-state index in [4.69, 9.17) is 9.47 Å². The van der Waals surface area contributed by atoms with Crippen LogP contribution in [0.5, 0.6) is 0 Å². The summed E-state index contributed by atoms with van der Waals surface area (Å²) in [4.78, 5) is 0. The van der Waals surface area contributed by atoms with Crippen molar-refractivity contribution in [2.24, 2.45) is 5.92 Å². The van der Waals surface area contributed by atoms with E-state index in [2.05, 4.69) is 0 Å². The van der Waals surface area contributed by atoms with Gasteiger partial charge >= 0.3 is 0 Å². The standard InChI is InChI=1S/C9H19BO4/c1-6(10)7-3-14-5-9(4-11,13-2)8(7)12/h6-8,11-12H,3-5,10H2,1-2H3/t6-,7?,8?,9+/m1/s1. The monoisotopic (exact) mass is 202 g/mol. The zero-order chi connectivity index (χ0) is 10.8. The molecule has 0 aromatic rings. The van der Waals surface area contributed by atoms with Crippen molar-refractivity contribution in [3.05, 3.63) is 0 Å². The van der Waals surface area contributed by atoms with Crippen molar-refractivity contribution in [2.45, 2.75) is 24.4 Å². The Hall–Kier alpha value is -0.0951. The van der Waals surface area contributed by atoms with E-state index in [-0.39, 0.29) is 19.1 Å². The van der Waals surface area contributed by atoms with Crippen LogP contribution in [-0.4, -0.2) is 56.7 Å². The molecule has 0 saturated carbocycles. The smallest absolute Gasteiger partial charge is 0.140 e. The van der Waals surface area contributed by atoms with E-state index in [1.54, 1.807) is 0 Å². The molecule has 2 unspecified atom stereocenters. The van der Waals surface area contributed by atoms with Crippen LogP contribution in [0.2, 0.25) is 5.82 Å². The quantitative estimate of drug-likeness (QED) is 0.565. The van der Waals surface area contributed by atoms with Crippen LogP contribution in [0.1, 0.15) is 6.92 Å². The van der Waals surface area contributed by atoms with Crippen molar-refractivity contribution >= 4 is 7.85 Å². The highest BCUT2D eigenvalue weighted by Crippen LogP contribution is 2.32. The van der Waals surface area contributed by atoms with Crippen LogP contribution in [0.4, 0.5) is 0 Å². The molecule has 1 aliphatic rings. The Bertz CT molecular complexity index is 182. The third-order valence-electron chi connectivity index (χ3n) is 3.13. The van der Waals surface area contributed by atoms with Crippen LogP contribution in [0.25, 0.3) is 0 Å². The fourth-order valence-corrected chi connectivity index (χ4v) is 1.87. The highest BCUT2D eigenvalue weighted by molar-refractivity contribution is 6.11. The van der Waals surface area contributed by atoms with E-state index in [1.807, 2.05) is 14.8 Å². The molecule has 0 aromatic heterocycles. The number of hydrogen-bond donors (Lipinski definition) is 2. The summed E-state index contributed by atoms with van der Waals surface area (Å²) in [6.07, 6.45) is -0.661. The van der Waals surface area contributed by atoms with Gasteiger partial charge in [0.25, 0.3) is 0 Å². The minimum absolute atomic E-state index is 0.0239. The molecule has 1 fully saturated rings. The molecule has 0 amide bonds. The number of ether oxygens (including phenoxy) is 2. The summed E-state index contributed by atoms with van der Waals surface area (Å²) in [6.45, 7) is 2.60. The zero-order valence-corrected chi connectivity index (χ0v) is 9.06. The number of methoxy groups -OCH3 is 1. The van der Waals surface area contributed by atoms with Gasteiger partial charge in [-0.1, -0.05) is 12.7 Å². The lowest BCUT2D eigenvalue weighted by molar-refractivity contribution is -0.214. The van der Waals surface area contributed by atoms with E-state index in [0.29, 0.717) is 12.4 Å². The first kappa shape index (κ1) is 12.0. The van der Waals surface area contributed by atoms with E-state index in [9.17, 15) is 10.2 Å². The summed E-state index contributed by atoms with van der Waals surface area (Å²) in [6, 6.07) is 0. The molecule has 1 aliphatic heterocycles. The SMILES string of the molecule is B[C@H](C)C1COC[C@](CO)(OC)C1O. The first-order chi connectivity index (χ1) is 6.57. The second-order valence-corrected chi connectivity index (χ2v) is 4.29. The maximum atomic E-state index is 10.1. The Kier molecular flexibility index (Phi) is 3.95. The molecule has 82 valence electrons. The van der Waals surface area contributed by atoms with Gasteiger partial charge in [-0.2, -0.15) is 0 Å². The average Bonchev–Trinajstić information content (AvgIpc) is 2.18. The van der Waals surface area contributed by atoms with Crippen LogP contribution in [0.15, 0.2) is 0 Å². The predicted molar refractivity (Wildman–Crippen MR) is 55.1 cm³/mol. The summed E-state index contributed by atoms with van der Waals surface area (Å²) in [7, 11) is 3.52. The maximum absolute atomic E-state index is 10.1. The van der Waals surface area contributed by atoms with Gasteiger partial charge in [0.2, 0.25) is 0 Å². The molecule has 2 N–H and O–H groups in total. The minimum atomic E-state index is -0.937. The summed E-state index contributed by atoms with van der Waals surface area (Å²) in [5, 5.41) is 19.3. The van der Waals surface area contributed by atoms with Gasteiger partial charge in [-0.15, -0.1) is 0 Å². The molecule has 1 rings (SSSR count). The van der Waals surface area contributed by atoms with Crippen molar-refractivity contribution < 1.29 is 19.7 Å². The lowest BCUT2D eigenvalue weighted by Gasteiger charge is -2.44. The number of aliphatic hydroxyl groups is 2. The lowest BCUT2D eigenvalue weighted by atomic mass is 9.71. The topological polar surface area (TPSA) is 58.9 Å². The molecule has 4 nitrogen and oxygen atoms in total. The third kappa shape index (κ3) is 1.96. The van der Waals surface area contributed by atoms with Gasteiger partial charge < -0.3 is 19.7 Å². The molecular weight excluding hydrogens is 183 g/mol. The predicted octanol–water partition coefficient (Wildman–Crippen LogP) is -1.19. The number of rotatable bonds is 3. The van der Waals surface area contributed by atoms with Gasteiger partial charge in [0.05, 0.1) is 25.9 Å². The van der Waals surface area contributed by atoms with Gasteiger partial charge in [-0.05, 0) is 0 Å². The van der Waals surface area contributed by atoms with Gasteiger partial charge in [0.1, 0.15) is 13.4 Å². The second-order valence-electron chi connectivity index (χ2n) is 4.29. The van der Waals surface area contributed by atoms with Gasteiger partial charge in [-0.3, -0.25) is 0 Å². The Balaban J connectivity index is 2.78. The first-order valence-corrected chi connectivity index (χ1v) is 4.99. The zero-order valence-electron chi connectivity index (χ0n) is 9.06. The fourth-order valence-electron chi connectivity index (χ4n) is 1.87. The molecule has 1 saturated heterocycles. The van der Waals surface area contributed by atoms with E-state index >= 15 is 0 Å². The Morgan fingerprint density at radius 2 is 2.36 bits per heavy atom. The van der Waals surface area contributed by atoms with Crippen LogP contribution in [0, 0.1) is 5.92 Å². The van der Waals surface area contributed by atoms with E-state index in [1.165, 1.54) is 7.11 Å². The molecule has 1 heterocycles. The van der Waals surface area contributed by atoms with Crippen molar-refractivity contribution in [3.8, 4) is 0 Å². The summed E-state index contributed by atoms with van der Waals surface area (Å²) in [5.74, 6) is 0.335. The molecule has 4 atom stereocenters. The van der Waals surface area contributed by atoms with Gasteiger partial charge in [0.15, 0.2) is 0 Å². The molecule has 0 bridgehead atoms. The largest absolute Gasteiger partial charge is 0.393 e. The van der Waals surface area contributed by atoms with Gasteiger partial charge in [0, 0.05) is 13.0 Å². The van der Waals surface area contributed by atoms with Crippen molar-refractivity contribution in [1.82, 2.24) is 0 Å². The summed E-state index contributed by atoms with van der Waals surface area (Å²) >= 11 is 0. The van der Waals surface area contributed by atoms with Crippen molar-refractivity contribution in [2.75, 3.05) is 26.9 Å². The molecule has 14 heavy (non-hydrogen) atoms. The second kappa shape index (κ2) is 4.62. The first-order valence-electron chi connectivity index (χ1n) is 4.99. The average molecular weight is 202 g/mol. The van der Waals surface area contributed by atoms with Crippen LogP contribution in [0.3, 0.4) is 0 Å². The molecule has 0 aromatic carbocycles. The van der Waals surface area contributed by atoms with Gasteiger partial charge in [-0.25, -0.2) is 0 Å². The van der Waals surface area contributed by atoms with E-state index in [0.717, 1.165) is 0 Å². The van der Waals surface area contributed by atoms with Crippen LogP contribution < -0.4 is 0 Å². The molecule has 5 heteroatoms. The maximum Gasteiger partial charge on any atom is 0.140 e. The van der Waals surface area contributed by atoms with Crippen molar-refractivity contribution in [3.63, 3.8) is 0 Å². The highest BCUT2D eigenvalue weighted by Gasteiger charge is 2.46. The third-order valence-corrected chi connectivity index (χ3v) is 3.13. The molecule has 0 aliphatic carbocycles. The van der Waals surface area contributed by atoms with E-state index < -0.39 is 11.7 Å². The van der Waals surface area contributed by atoms with Crippen molar-refractivity contribution in [1.29, 1.82) is 0 Å². The Labute approximate surface area is 85.6 Å². The molecule has 0 spiro atoms.